The van der Waals surface area contributed by atoms with Crippen molar-refractivity contribution < 1.29 is 14.3 Å². The van der Waals surface area contributed by atoms with Crippen molar-refractivity contribution in [3.8, 4) is 0 Å². The zero-order chi connectivity index (χ0) is 12.0. The Labute approximate surface area is 95.5 Å². The van der Waals surface area contributed by atoms with Gasteiger partial charge >= 0.3 is 0 Å². The molecule has 0 spiro atoms. The molecule has 1 rings (SSSR count). The van der Waals surface area contributed by atoms with Crippen LogP contribution in [0.25, 0.3) is 0 Å². The van der Waals surface area contributed by atoms with Gasteiger partial charge in [-0.2, -0.15) is 0 Å². The lowest BCUT2D eigenvalue weighted by molar-refractivity contribution is -0.117. The van der Waals surface area contributed by atoms with E-state index in [1.54, 1.807) is 6.92 Å². The molecular formula is C13H16O3. The van der Waals surface area contributed by atoms with E-state index in [0.717, 1.165) is 19.3 Å². The molecule has 0 bridgehead atoms. The van der Waals surface area contributed by atoms with Crippen molar-refractivity contribution in [3.63, 3.8) is 0 Å². The van der Waals surface area contributed by atoms with Crippen LogP contribution in [0, 0.1) is 0 Å². The third-order valence-electron chi connectivity index (χ3n) is 2.30. The Morgan fingerprint density at radius 2 is 2.00 bits per heavy atom. The highest BCUT2D eigenvalue weighted by atomic mass is 16.5. The number of rotatable bonds is 6. The van der Waals surface area contributed by atoms with Crippen LogP contribution >= 0.6 is 0 Å². The first-order valence-corrected chi connectivity index (χ1v) is 5.37. The molecule has 1 aliphatic carbocycles. The average molecular weight is 220 g/mol. The Morgan fingerprint density at radius 3 is 2.69 bits per heavy atom. The molecule has 0 saturated heterocycles. The van der Waals surface area contributed by atoms with Gasteiger partial charge in [-0.3, -0.25) is 9.59 Å². The van der Waals surface area contributed by atoms with Crippen molar-refractivity contribution in [1.82, 2.24) is 0 Å². The first-order chi connectivity index (χ1) is 7.65. The van der Waals surface area contributed by atoms with E-state index >= 15 is 0 Å². The van der Waals surface area contributed by atoms with Crippen LogP contribution in [0.15, 0.2) is 36.1 Å². The van der Waals surface area contributed by atoms with Gasteiger partial charge in [-0.25, -0.2) is 0 Å². The Hall–Kier alpha value is -1.64. The van der Waals surface area contributed by atoms with Crippen molar-refractivity contribution in [2.24, 2.45) is 0 Å². The molecule has 0 radical (unpaired) electrons. The molecule has 0 unspecified atom stereocenters. The second kappa shape index (κ2) is 6.05. The summed E-state index contributed by atoms with van der Waals surface area (Å²) in [4.78, 5) is 22.7. The molecule has 0 N–H and O–H groups in total. The van der Waals surface area contributed by atoms with Crippen LogP contribution in [0.3, 0.4) is 0 Å². The predicted octanol–water partition coefficient (Wildman–Crippen LogP) is 2.34. The molecule has 3 heteroatoms. The van der Waals surface area contributed by atoms with E-state index in [2.05, 4.69) is 6.58 Å². The Balaban J connectivity index is 2.38. The van der Waals surface area contributed by atoms with Gasteiger partial charge in [0.25, 0.3) is 0 Å². The van der Waals surface area contributed by atoms with Crippen molar-refractivity contribution in [2.45, 2.75) is 26.2 Å². The first-order valence-electron chi connectivity index (χ1n) is 5.37. The molecule has 0 aromatic rings. The fourth-order valence-corrected chi connectivity index (χ4v) is 1.33. The smallest absolute Gasteiger partial charge is 0.220 e. The van der Waals surface area contributed by atoms with E-state index < -0.39 is 0 Å². The van der Waals surface area contributed by atoms with Gasteiger partial charge in [0.1, 0.15) is 0 Å². The summed E-state index contributed by atoms with van der Waals surface area (Å²) in [6, 6.07) is 0. The predicted molar refractivity (Wildman–Crippen MR) is 61.9 cm³/mol. The molecule has 0 saturated carbocycles. The molecule has 0 amide bonds. The van der Waals surface area contributed by atoms with Crippen LogP contribution in [0.1, 0.15) is 26.2 Å². The zero-order valence-electron chi connectivity index (χ0n) is 9.49. The van der Waals surface area contributed by atoms with Crippen molar-refractivity contribution >= 4 is 11.6 Å². The Morgan fingerprint density at radius 1 is 1.25 bits per heavy atom. The number of carbonyl (C=O) groups is 2. The molecule has 0 aromatic heterocycles. The third-order valence-corrected chi connectivity index (χ3v) is 2.30. The van der Waals surface area contributed by atoms with Gasteiger partial charge in [-0.1, -0.05) is 6.08 Å². The van der Waals surface area contributed by atoms with Gasteiger partial charge in [0, 0.05) is 11.6 Å². The van der Waals surface area contributed by atoms with Crippen molar-refractivity contribution in [3.05, 3.63) is 36.1 Å². The molecule has 0 atom stereocenters. The van der Waals surface area contributed by atoms with Crippen LogP contribution in [-0.4, -0.2) is 18.2 Å². The number of hydrogen-bond donors (Lipinski definition) is 0. The van der Waals surface area contributed by atoms with E-state index in [4.69, 9.17) is 4.74 Å². The lowest BCUT2D eigenvalue weighted by atomic mass is 10.0. The summed E-state index contributed by atoms with van der Waals surface area (Å²) in [6.07, 6.45) is 7.21. The number of carbonyl (C=O) groups excluding carboxylic acids is 2. The average Bonchev–Trinajstić information content (AvgIpc) is 2.25. The SMILES string of the molecule is C=CCCCCOC1=CC(=O)C(C)=CC1=O. The topological polar surface area (TPSA) is 43.4 Å². The Bertz CT molecular complexity index is 361. The fourth-order valence-electron chi connectivity index (χ4n) is 1.33. The van der Waals surface area contributed by atoms with Crippen LogP contribution in [0.4, 0.5) is 0 Å². The van der Waals surface area contributed by atoms with Gasteiger partial charge < -0.3 is 4.74 Å². The number of allylic oxidation sites excluding steroid dienone is 4. The maximum atomic E-state index is 11.4. The van der Waals surface area contributed by atoms with Crippen LogP contribution in [0.2, 0.25) is 0 Å². The zero-order valence-corrected chi connectivity index (χ0v) is 9.49. The molecule has 0 heterocycles. The van der Waals surface area contributed by atoms with E-state index in [1.807, 2.05) is 6.08 Å². The molecule has 0 aromatic carbocycles. The summed E-state index contributed by atoms with van der Waals surface area (Å²) in [5, 5.41) is 0. The standard InChI is InChI=1S/C13H16O3/c1-3-4-5-6-7-16-13-9-11(14)10(2)8-12(13)15/h3,8-9H,1,4-7H2,2H3. The minimum absolute atomic E-state index is 0.152. The second-order valence-electron chi connectivity index (χ2n) is 3.70. The first kappa shape index (κ1) is 12.4. The quantitative estimate of drug-likeness (QED) is 0.392. The molecule has 0 aliphatic heterocycles. The van der Waals surface area contributed by atoms with Gasteiger partial charge in [0.15, 0.2) is 11.5 Å². The number of unbranched alkanes of at least 4 members (excludes halogenated alkanes) is 2. The van der Waals surface area contributed by atoms with Crippen molar-refractivity contribution in [2.75, 3.05) is 6.61 Å². The lowest BCUT2D eigenvalue weighted by Crippen LogP contribution is -2.14. The second-order valence-corrected chi connectivity index (χ2v) is 3.70. The fraction of sp³-hybridized carbons (Fsp3) is 0.385. The van der Waals surface area contributed by atoms with E-state index in [-0.39, 0.29) is 17.3 Å². The van der Waals surface area contributed by atoms with E-state index in [9.17, 15) is 9.59 Å². The van der Waals surface area contributed by atoms with Crippen LogP contribution in [0.5, 0.6) is 0 Å². The van der Waals surface area contributed by atoms with Gasteiger partial charge in [0.2, 0.25) is 5.78 Å². The summed E-state index contributed by atoms with van der Waals surface area (Å²) in [5.41, 5.74) is 0.462. The molecule has 3 nitrogen and oxygen atoms in total. The summed E-state index contributed by atoms with van der Waals surface area (Å²) >= 11 is 0. The minimum atomic E-state index is -0.221. The largest absolute Gasteiger partial charge is 0.489 e. The monoisotopic (exact) mass is 220 g/mol. The molecule has 86 valence electrons. The molecule has 0 fully saturated rings. The summed E-state index contributed by atoms with van der Waals surface area (Å²) in [6.45, 7) is 5.71. The van der Waals surface area contributed by atoms with Gasteiger partial charge in [0.05, 0.1) is 6.61 Å². The van der Waals surface area contributed by atoms with Gasteiger partial charge in [-0.15, -0.1) is 6.58 Å². The molecule has 1 aliphatic rings. The summed E-state index contributed by atoms with van der Waals surface area (Å²) in [7, 11) is 0. The highest BCUT2D eigenvalue weighted by molar-refractivity contribution is 6.18. The van der Waals surface area contributed by atoms with E-state index in [1.165, 1.54) is 12.2 Å². The van der Waals surface area contributed by atoms with Crippen LogP contribution < -0.4 is 0 Å². The van der Waals surface area contributed by atoms with E-state index in [0.29, 0.717) is 12.2 Å². The summed E-state index contributed by atoms with van der Waals surface area (Å²) in [5.74, 6) is -0.212. The molecule has 16 heavy (non-hydrogen) atoms. The maximum Gasteiger partial charge on any atom is 0.220 e. The van der Waals surface area contributed by atoms with Crippen LogP contribution in [-0.2, 0) is 14.3 Å². The number of hydrogen-bond acceptors (Lipinski definition) is 3. The number of ketones is 2. The normalized spacial score (nSPS) is 15.6. The highest BCUT2D eigenvalue weighted by Gasteiger charge is 2.18. The highest BCUT2D eigenvalue weighted by Crippen LogP contribution is 2.13. The minimum Gasteiger partial charge on any atom is -0.489 e. The van der Waals surface area contributed by atoms with Crippen molar-refractivity contribution in [1.29, 1.82) is 0 Å². The Kier molecular flexibility index (Phi) is 4.70. The number of ether oxygens (including phenoxy) is 1. The maximum absolute atomic E-state index is 11.4. The van der Waals surface area contributed by atoms with Gasteiger partial charge in [-0.05, 0) is 32.3 Å². The third kappa shape index (κ3) is 3.50. The summed E-state index contributed by atoms with van der Waals surface area (Å²) < 4.78 is 5.27. The lowest BCUT2D eigenvalue weighted by Gasteiger charge is -2.11. The molecular weight excluding hydrogens is 204 g/mol.